The third-order valence-corrected chi connectivity index (χ3v) is 8.57. The van der Waals surface area contributed by atoms with Crippen molar-refractivity contribution >= 4 is 44.3 Å². The number of thioether (sulfide) groups is 1. The Balaban J connectivity index is 1.58. The number of benzene rings is 4. The van der Waals surface area contributed by atoms with Crippen LogP contribution in [0.25, 0.3) is 16.8 Å². The molecule has 0 saturated heterocycles. The summed E-state index contributed by atoms with van der Waals surface area (Å²) in [5, 5.41) is 1.95. The van der Waals surface area contributed by atoms with Gasteiger partial charge in [-0.2, -0.15) is 0 Å². The summed E-state index contributed by atoms with van der Waals surface area (Å²) < 4.78 is 28.8. The van der Waals surface area contributed by atoms with Gasteiger partial charge in [-0.25, -0.2) is 12.7 Å². The maximum Gasteiger partial charge on any atom is 0.265 e. The monoisotopic (exact) mass is 443 g/mol. The molecule has 31 heavy (non-hydrogen) atoms. The molecule has 1 aliphatic heterocycles. The molecule has 0 amide bonds. The van der Waals surface area contributed by atoms with Crippen LogP contribution in [0.3, 0.4) is 0 Å². The van der Waals surface area contributed by atoms with Crippen molar-refractivity contribution in [1.29, 1.82) is 0 Å². The second-order valence-corrected chi connectivity index (χ2v) is 10.5. The van der Waals surface area contributed by atoms with Gasteiger partial charge < -0.3 is 0 Å². The zero-order chi connectivity index (χ0) is 21.4. The maximum atomic E-state index is 13.6. The fourth-order valence-corrected chi connectivity index (χ4v) is 6.91. The molecule has 1 aliphatic rings. The first kappa shape index (κ1) is 19.9. The highest BCUT2D eigenvalue weighted by molar-refractivity contribution is 8.03. The van der Waals surface area contributed by atoms with E-state index >= 15 is 0 Å². The average molecular weight is 444 g/mol. The Hall–Kier alpha value is -3.02. The van der Waals surface area contributed by atoms with E-state index in [0.29, 0.717) is 4.90 Å². The van der Waals surface area contributed by atoms with Crippen molar-refractivity contribution in [2.75, 3.05) is 4.31 Å². The van der Waals surface area contributed by atoms with E-state index in [0.717, 1.165) is 32.5 Å². The number of anilines is 1. The summed E-state index contributed by atoms with van der Waals surface area (Å²) in [6.45, 7) is 1.95. The Morgan fingerprint density at radius 1 is 0.839 bits per heavy atom. The molecule has 0 aliphatic carbocycles. The third-order valence-electron chi connectivity index (χ3n) is 5.42. The van der Waals surface area contributed by atoms with Crippen LogP contribution in [-0.4, -0.2) is 13.8 Å². The van der Waals surface area contributed by atoms with Gasteiger partial charge in [0.1, 0.15) is 5.37 Å². The Kier molecular flexibility index (Phi) is 5.08. The molecule has 0 bridgehead atoms. The van der Waals surface area contributed by atoms with Crippen molar-refractivity contribution in [1.82, 2.24) is 0 Å². The molecule has 0 aromatic heterocycles. The number of para-hydroxylation sites is 1. The number of nitrogens with zero attached hydrogens (tertiary/aromatic N) is 1. The minimum Gasteiger partial charge on any atom is -0.248 e. The van der Waals surface area contributed by atoms with Crippen molar-refractivity contribution in [3.63, 3.8) is 0 Å². The lowest BCUT2D eigenvalue weighted by Crippen LogP contribution is -2.34. The number of rotatable bonds is 4. The molecule has 0 saturated carbocycles. The topological polar surface area (TPSA) is 37.4 Å². The summed E-state index contributed by atoms with van der Waals surface area (Å²) in [4.78, 5) is 1.27. The van der Waals surface area contributed by atoms with Crippen molar-refractivity contribution in [3.05, 3.63) is 108 Å². The predicted octanol–water partition coefficient (Wildman–Crippen LogP) is 6.49. The van der Waals surface area contributed by atoms with Crippen molar-refractivity contribution < 1.29 is 8.42 Å². The van der Waals surface area contributed by atoms with Gasteiger partial charge in [-0.3, -0.25) is 0 Å². The van der Waals surface area contributed by atoms with Crippen LogP contribution >= 0.6 is 11.8 Å². The van der Waals surface area contributed by atoms with E-state index in [-0.39, 0.29) is 5.37 Å². The maximum absolute atomic E-state index is 13.6. The molecule has 5 heteroatoms. The quantitative estimate of drug-likeness (QED) is 0.362. The van der Waals surface area contributed by atoms with E-state index in [4.69, 9.17) is 0 Å². The SMILES string of the molecule is Cc1ccc(S(=O)(=O)N2c3ccccc3S[C@@H]2/C=C/c2cccc3ccccc23)cc1. The van der Waals surface area contributed by atoms with Gasteiger partial charge in [0.2, 0.25) is 0 Å². The van der Waals surface area contributed by atoms with Gasteiger partial charge in [0.25, 0.3) is 10.0 Å². The molecule has 4 aromatic carbocycles. The number of fused-ring (bicyclic) bond motifs is 2. The minimum absolute atomic E-state index is 0.305. The molecule has 1 atom stereocenters. The van der Waals surface area contributed by atoms with Crippen molar-refractivity contribution in [3.8, 4) is 0 Å². The fourth-order valence-electron chi connectivity index (χ4n) is 3.84. The van der Waals surface area contributed by atoms with Gasteiger partial charge in [0.15, 0.2) is 0 Å². The highest BCUT2D eigenvalue weighted by Gasteiger charge is 2.37. The molecule has 0 unspecified atom stereocenters. The lowest BCUT2D eigenvalue weighted by molar-refractivity contribution is 0.592. The van der Waals surface area contributed by atoms with Crippen LogP contribution in [0.4, 0.5) is 5.69 Å². The molecule has 5 rings (SSSR count). The largest absolute Gasteiger partial charge is 0.265 e. The van der Waals surface area contributed by atoms with E-state index in [9.17, 15) is 8.42 Å². The lowest BCUT2D eigenvalue weighted by atomic mass is 10.0. The Morgan fingerprint density at radius 3 is 2.39 bits per heavy atom. The van der Waals surface area contributed by atoms with Crippen LogP contribution in [-0.2, 0) is 10.0 Å². The Labute approximate surface area is 187 Å². The number of hydrogen-bond acceptors (Lipinski definition) is 3. The van der Waals surface area contributed by atoms with E-state index in [2.05, 4.69) is 24.3 Å². The van der Waals surface area contributed by atoms with Crippen LogP contribution in [0.1, 0.15) is 11.1 Å². The van der Waals surface area contributed by atoms with Gasteiger partial charge in [0.05, 0.1) is 10.6 Å². The molecule has 0 N–H and O–H groups in total. The first-order chi connectivity index (χ1) is 15.0. The van der Waals surface area contributed by atoms with Crippen LogP contribution < -0.4 is 4.31 Å². The summed E-state index contributed by atoms with van der Waals surface area (Å²) in [6, 6.07) is 29.1. The minimum atomic E-state index is -3.70. The lowest BCUT2D eigenvalue weighted by Gasteiger charge is -2.24. The third kappa shape index (κ3) is 3.64. The van der Waals surface area contributed by atoms with Gasteiger partial charge in [-0.15, -0.1) is 0 Å². The molecular formula is C26H21NO2S2. The van der Waals surface area contributed by atoms with Crippen LogP contribution in [0.5, 0.6) is 0 Å². The van der Waals surface area contributed by atoms with E-state index in [1.165, 1.54) is 0 Å². The first-order valence-electron chi connectivity index (χ1n) is 10.1. The molecule has 0 fully saturated rings. The highest BCUT2D eigenvalue weighted by Crippen LogP contribution is 2.46. The van der Waals surface area contributed by atoms with E-state index < -0.39 is 10.0 Å². The molecular weight excluding hydrogens is 422 g/mol. The fraction of sp³-hybridized carbons (Fsp3) is 0.0769. The van der Waals surface area contributed by atoms with Gasteiger partial charge in [-0.05, 0) is 53.6 Å². The molecule has 0 spiro atoms. The molecule has 0 radical (unpaired) electrons. The highest BCUT2D eigenvalue weighted by atomic mass is 32.2. The summed E-state index contributed by atoms with van der Waals surface area (Å²) >= 11 is 1.55. The van der Waals surface area contributed by atoms with Crippen molar-refractivity contribution in [2.24, 2.45) is 0 Å². The number of hydrogen-bond donors (Lipinski definition) is 0. The summed E-state index contributed by atoms with van der Waals surface area (Å²) in [5.41, 5.74) is 2.82. The Morgan fingerprint density at radius 2 is 1.55 bits per heavy atom. The smallest absolute Gasteiger partial charge is 0.248 e. The summed E-state index contributed by atoms with van der Waals surface area (Å²) in [7, 11) is -3.70. The predicted molar refractivity (Wildman–Crippen MR) is 130 cm³/mol. The molecule has 4 aromatic rings. The second kappa shape index (κ2) is 7.91. The summed E-state index contributed by atoms with van der Waals surface area (Å²) in [5.74, 6) is 0. The molecule has 3 nitrogen and oxygen atoms in total. The molecule has 1 heterocycles. The van der Waals surface area contributed by atoms with E-state index in [1.54, 1.807) is 28.2 Å². The summed E-state index contributed by atoms with van der Waals surface area (Å²) in [6.07, 6.45) is 4.02. The zero-order valence-electron chi connectivity index (χ0n) is 17.0. The second-order valence-electron chi connectivity index (χ2n) is 7.52. The van der Waals surface area contributed by atoms with Gasteiger partial charge >= 0.3 is 0 Å². The van der Waals surface area contributed by atoms with Crippen LogP contribution in [0.2, 0.25) is 0 Å². The van der Waals surface area contributed by atoms with Crippen LogP contribution in [0.15, 0.2) is 107 Å². The normalized spacial score (nSPS) is 16.2. The van der Waals surface area contributed by atoms with Crippen molar-refractivity contribution in [2.45, 2.75) is 22.1 Å². The number of aryl methyl sites for hydroxylation is 1. The first-order valence-corrected chi connectivity index (χ1v) is 12.4. The standard InChI is InChI=1S/C26H21NO2S2/c1-19-13-16-22(17-14-19)31(28,29)27-24-11-4-5-12-25(24)30-26(27)18-15-21-9-6-8-20-7-2-3-10-23(20)21/h2-18,26H,1H3/b18-15+/t26-/m1/s1. The van der Waals surface area contributed by atoms with Gasteiger partial charge in [0, 0.05) is 4.90 Å². The number of sulfonamides is 1. The van der Waals surface area contributed by atoms with E-state index in [1.807, 2.05) is 73.7 Å². The zero-order valence-corrected chi connectivity index (χ0v) is 18.6. The van der Waals surface area contributed by atoms with Gasteiger partial charge in [-0.1, -0.05) is 90.1 Å². The average Bonchev–Trinajstić information content (AvgIpc) is 3.17. The Bertz CT molecular complexity index is 1390. The molecule has 154 valence electrons. The van der Waals surface area contributed by atoms with Crippen LogP contribution in [0, 0.1) is 6.92 Å².